The standard InChI is InChI=1S/C20H22N6O2S/c1-12-5-6-16(11-13(12)2)26-17(15-7-9-22-10-8-15)24-25-20(26)29-14(3)18(27)23-19(28)21-4/h5-11,14H,1-4H3,(H2,21,23,27,28)/t14-/m0/s1. The van der Waals surface area contributed by atoms with E-state index in [0.29, 0.717) is 11.0 Å². The predicted octanol–water partition coefficient (Wildman–Crippen LogP) is 2.88. The van der Waals surface area contributed by atoms with Crippen LogP contribution in [0.3, 0.4) is 0 Å². The second kappa shape index (κ2) is 8.87. The van der Waals surface area contributed by atoms with E-state index in [1.807, 2.05) is 35.8 Å². The maximum atomic E-state index is 12.3. The first-order valence-electron chi connectivity index (χ1n) is 9.03. The van der Waals surface area contributed by atoms with Gasteiger partial charge >= 0.3 is 6.03 Å². The van der Waals surface area contributed by atoms with Crippen LogP contribution in [0, 0.1) is 13.8 Å². The molecule has 2 aromatic heterocycles. The minimum absolute atomic E-state index is 0.408. The molecule has 0 aliphatic heterocycles. The summed E-state index contributed by atoms with van der Waals surface area (Å²) in [4.78, 5) is 27.8. The molecule has 0 radical (unpaired) electrons. The zero-order chi connectivity index (χ0) is 21.0. The fraction of sp³-hybridized carbons (Fsp3) is 0.250. The fourth-order valence-corrected chi connectivity index (χ4v) is 3.49. The number of aromatic nitrogens is 4. The highest BCUT2D eigenvalue weighted by Gasteiger charge is 2.23. The molecule has 2 heterocycles. The Morgan fingerprint density at radius 3 is 2.45 bits per heavy atom. The smallest absolute Gasteiger partial charge is 0.321 e. The summed E-state index contributed by atoms with van der Waals surface area (Å²) < 4.78 is 1.91. The summed E-state index contributed by atoms with van der Waals surface area (Å²) in [5.41, 5.74) is 4.07. The van der Waals surface area contributed by atoms with Gasteiger partial charge in [-0.05, 0) is 56.2 Å². The van der Waals surface area contributed by atoms with E-state index in [9.17, 15) is 9.59 Å². The van der Waals surface area contributed by atoms with Crippen LogP contribution >= 0.6 is 11.8 Å². The average molecular weight is 411 g/mol. The number of carbonyl (C=O) groups is 2. The lowest BCUT2D eigenvalue weighted by Gasteiger charge is -2.14. The molecule has 3 rings (SSSR count). The van der Waals surface area contributed by atoms with Gasteiger partial charge in [-0.1, -0.05) is 17.8 Å². The quantitative estimate of drug-likeness (QED) is 0.627. The molecule has 0 fully saturated rings. The van der Waals surface area contributed by atoms with Crippen LogP contribution in [-0.4, -0.2) is 44.0 Å². The maximum absolute atomic E-state index is 12.3. The van der Waals surface area contributed by atoms with Crippen LogP contribution in [0.4, 0.5) is 4.79 Å². The summed E-state index contributed by atoms with van der Waals surface area (Å²) in [5.74, 6) is 0.242. The van der Waals surface area contributed by atoms with Crippen LogP contribution in [0.25, 0.3) is 17.1 Å². The molecule has 29 heavy (non-hydrogen) atoms. The number of imide groups is 1. The molecular formula is C20H22N6O2S. The monoisotopic (exact) mass is 410 g/mol. The van der Waals surface area contributed by atoms with Crippen LogP contribution in [0.15, 0.2) is 47.9 Å². The number of nitrogens with zero attached hydrogens (tertiary/aromatic N) is 4. The van der Waals surface area contributed by atoms with Gasteiger partial charge in [-0.25, -0.2) is 4.79 Å². The number of thioether (sulfide) groups is 1. The number of carbonyl (C=O) groups excluding carboxylic acids is 2. The van der Waals surface area contributed by atoms with Crippen molar-refractivity contribution in [1.82, 2.24) is 30.4 Å². The first-order valence-corrected chi connectivity index (χ1v) is 9.91. The number of amides is 3. The van der Waals surface area contributed by atoms with Crippen molar-refractivity contribution in [3.63, 3.8) is 0 Å². The molecule has 0 aliphatic carbocycles. The summed E-state index contributed by atoms with van der Waals surface area (Å²) in [6, 6.07) is 9.26. The normalized spacial score (nSPS) is 11.7. The lowest BCUT2D eigenvalue weighted by atomic mass is 10.1. The molecule has 2 N–H and O–H groups in total. The van der Waals surface area contributed by atoms with Crippen molar-refractivity contribution in [2.75, 3.05) is 7.05 Å². The van der Waals surface area contributed by atoms with Crippen LogP contribution in [0.1, 0.15) is 18.1 Å². The highest BCUT2D eigenvalue weighted by molar-refractivity contribution is 8.00. The molecule has 3 aromatic rings. The minimum Gasteiger partial charge on any atom is -0.341 e. The third-order valence-corrected chi connectivity index (χ3v) is 5.48. The molecule has 8 nitrogen and oxygen atoms in total. The number of aryl methyl sites for hydroxylation is 2. The Balaban J connectivity index is 2.01. The van der Waals surface area contributed by atoms with Gasteiger partial charge in [0.2, 0.25) is 5.91 Å². The van der Waals surface area contributed by atoms with Crippen molar-refractivity contribution >= 4 is 23.7 Å². The predicted molar refractivity (Wildman–Crippen MR) is 112 cm³/mol. The molecule has 0 bridgehead atoms. The number of hydrogen-bond acceptors (Lipinski definition) is 6. The van der Waals surface area contributed by atoms with Gasteiger partial charge in [-0.2, -0.15) is 0 Å². The fourth-order valence-electron chi connectivity index (χ4n) is 2.62. The molecule has 9 heteroatoms. The second-order valence-corrected chi connectivity index (χ2v) is 7.78. The maximum Gasteiger partial charge on any atom is 0.321 e. The highest BCUT2D eigenvalue weighted by atomic mass is 32.2. The molecule has 0 saturated carbocycles. The molecular weight excluding hydrogens is 388 g/mol. The van der Waals surface area contributed by atoms with E-state index in [-0.39, 0.29) is 0 Å². The van der Waals surface area contributed by atoms with Crippen LogP contribution < -0.4 is 10.6 Å². The lowest BCUT2D eigenvalue weighted by Crippen LogP contribution is -2.41. The van der Waals surface area contributed by atoms with Gasteiger partial charge in [-0.15, -0.1) is 10.2 Å². The van der Waals surface area contributed by atoms with Crippen molar-refractivity contribution in [3.05, 3.63) is 53.9 Å². The van der Waals surface area contributed by atoms with Crippen molar-refractivity contribution < 1.29 is 9.59 Å². The lowest BCUT2D eigenvalue weighted by molar-refractivity contribution is -0.119. The van der Waals surface area contributed by atoms with Crippen molar-refractivity contribution in [3.8, 4) is 17.1 Å². The number of rotatable bonds is 5. The summed E-state index contributed by atoms with van der Waals surface area (Å²) in [7, 11) is 1.46. The number of hydrogen-bond donors (Lipinski definition) is 2. The molecule has 1 atom stereocenters. The number of nitrogens with one attached hydrogen (secondary N) is 2. The van der Waals surface area contributed by atoms with E-state index in [1.54, 1.807) is 19.3 Å². The molecule has 0 saturated heterocycles. The van der Waals surface area contributed by atoms with Crippen LogP contribution in [0.5, 0.6) is 0 Å². The SMILES string of the molecule is CNC(=O)NC(=O)[C@H](C)Sc1nnc(-c2ccncc2)n1-c1ccc(C)c(C)c1. The third-order valence-electron chi connectivity index (χ3n) is 4.44. The zero-order valence-corrected chi connectivity index (χ0v) is 17.4. The summed E-state index contributed by atoms with van der Waals surface area (Å²) >= 11 is 1.23. The van der Waals surface area contributed by atoms with Gasteiger partial charge < -0.3 is 5.32 Å². The van der Waals surface area contributed by atoms with Gasteiger partial charge in [0.15, 0.2) is 11.0 Å². The Morgan fingerprint density at radius 1 is 1.07 bits per heavy atom. The zero-order valence-electron chi connectivity index (χ0n) is 16.6. The largest absolute Gasteiger partial charge is 0.341 e. The Labute approximate surface area is 173 Å². The summed E-state index contributed by atoms with van der Waals surface area (Å²) in [6.07, 6.45) is 3.39. The summed E-state index contributed by atoms with van der Waals surface area (Å²) in [5, 5.41) is 13.3. The van der Waals surface area contributed by atoms with Crippen molar-refractivity contribution in [2.24, 2.45) is 0 Å². The van der Waals surface area contributed by atoms with Gasteiger partial charge in [0, 0.05) is 25.0 Å². The van der Waals surface area contributed by atoms with Crippen LogP contribution in [-0.2, 0) is 4.79 Å². The van der Waals surface area contributed by atoms with Crippen LogP contribution in [0.2, 0.25) is 0 Å². The Kier molecular flexibility index (Phi) is 6.28. The average Bonchev–Trinajstić information content (AvgIpc) is 3.14. The van der Waals surface area contributed by atoms with Gasteiger partial charge in [0.1, 0.15) is 0 Å². The van der Waals surface area contributed by atoms with E-state index in [0.717, 1.165) is 16.8 Å². The first-order chi connectivity index (χ1) is 13.9. The number of urea groups is 1. The van der Waals surface area contributed by atoms with E-state index >= 15 is 0 Å². The summed E-state index contributed by atoms with van der Waals surface area (Å²) in [6.45, 7) is 5.81. The molecule has 0 aliphatic rings. The van der Waals surface area contributed by atoms with E-state index in [1.165, 1.54) is 24.4 Å². The molecule has 0 spiro atoms. The van der Waals surface area contributed by atoms with Gasteiger partial charge in [0.05, 0.1) is 10.9 Å². The Hall–Kier alpha value is -3.20. The number of pyridine rings is 1. The van der Waals surface area contributed by atoms with Crippen molar-refractivity contribution in [2.45, 2.75) is 31.2 Å². The van der Waals surface area contributed by atoms with Gasteiger partial charge in [0.25, 0.3) is 0 Å². The Bertz CT molecular complexity index is 1030. The topological polar surface area (TPSA) is 102 Å². The molecule has 3 amide bonds. The second-order valence-electron chi connectivity index (χ2n) is 6.47. The third kappa shape index (κ3) is 4.62. The molecule has 1 aromatic carbocycles. The Morgan fingerprint density at radius 2 is 1.79 bits per heavy atom. The molecule has 150 valence electrons. The van der Waals surface area contributed by atoms with E-state index in [2.05, 4.69) is 38.8 Å². The van der Waals surface area contributed by atoms with Gasteiger partial charge in [-0.3, -0.25) is 19.7 Å². The van der Waals surface area contributed by atoms with Crippen molar-refractivity contribution in [1.29, 1.82) is 0 Å². The van der Waals surface area contributed by atoms with E-state index < -0.39 is 17.2 Å². The van der Waals surface area contributed by atoms with E-state index in [4.69, 9.17) is 0 Å². The molecule has 0 unspecified atom stereocenters. The first kappa shape index (κ1) is 20.5. The number of benzene rings is 1. The highest BCUT2D eigenvalue weighted by Crippen LogP contribution is 2.30. The minimum atomic E-state index is -0.549.